The van der Waals surface area contributed by atoms with Gasteiger partial charge in [-0.3, -0.25) is 18.2 Å². The predicted molar refractivity (Wildman–Crippen MR) is 198 cm³/mol. The van der Waals surface area contributed by atoms with Crippen molar-refractivity contribution in [2.24, 2.45) is 20.5 Å². The molecule has 6 rings (SSSR count). The summed E-state index contributed by atoms with van der Waals surface area (Å²) < 4.78 is 133. The molecular formula is C32H23Cu2N5Na4O16S4+4. The van der Waals surface area contributed by atoms with Crippen LogP contribution >= 0.6 is 0 Å². The Labute approximate surface area is 467 Å². The molecule has 0 aliphatic carbocycles. The van der Waals surface area contributed by atoms with E-state index in [1.165, 1.54) is 30.3 Å². The molecule has 0 saturated heterocycles. The van der Waals surface area contributed by atoms with Crippen molar-refractivity contribution >= 4 is 90.5 Å². The molecule has 0 aliphatic rings. The monoisotopic (exact) mass is 1080 g/mol. The third-order valence-corrected chi connectivity index (χ3v) is 11.5. The topological polar surface area (TPSA) is 374 Å². The summed E-state index contributed by atoms with van der Waals surface area (Å²) in [4.78, 5) is -3.69. The number of hydrogen-bond acceptors (Lipinski definition) is 17. The molecule has 0 unspecified atom stereocenters. The van der Waals surface area contributed by atoms with Crippen LogP contribution in [0.5, 0.6) is 23.0 Å². The van der Waals surface area contributed by atoms with Gasteiger partial charge in [0, 0.05) is 50.6 Å². The number of hydrogen-bond donors (Lipinski definition) is 9. The van der Waals surface area contributed by atoms with Gasteiger partial charge in [0.1, 0.15) is 44.0 Å². The first-order valence-corrected chi connectivity index (χ1v) is 20.9. The molecule has 6 aromatic rings. The van der Waals surface area contributed by atoms with Gasteiger partial charge in [-0.25, -0.2) is 0 Å². The van der Waals surface area contributed by atoms with Gasteiger partial charge in [-0.05, 0) is 82.6 Å². The molecule has 0 saturated carbocycles. The van der Waals surface area contributed by atoms with E-state index in [1.807, 2.05) is 0 Å². The van der Waals surface area contributed by atoms with Crippen LogP contribution in [0.4, 0.5) is 28.4 Å². The first-order valence-electron chi connectivity index (χ1n) is 15.1. The third-order valence-electron chi connectivity index (χ3n) is 8.12. The summed E-state index contributed by atoms with van der Waals surface area (Å²) in [7, 11) is -20.0. The van der Waals surface area contributed by atoms with Gasteiger partial charge in [0.2, 0.25) is 0 Å². The Bertz CT molecular complexity index is 3280. The molecule has 0 heterocycles. The Morgan fingerprint density at radius 2 is 0.857 bits per heavy atom. The Kier molecular flexibility index (Phi) is 22.7. The summed E-state index contributed by atoms with van der Waals surface area (Å²) in [6, 6.07) is 13.5. The molecule has 31 heteroatoms. The number of rotatable bonds is 9. The number of nitrogen functional groups attached to an aromatic ring is 1. The molecule has 0 amide bonds. The van der Waals surface area contributed by atoms with Crippen molar-refractivity contribution in [2.75, 3.05) is 5.73 Å². The molecule has 63 heavy (non-hydrogen) atoms. The molecule has 0 spiro atoms. The Morgan fingerprint density at radius 1 is 0.429 bits per heavy atom. The van der Waals surface area contributed by atoms with Crippen LogP contribution in [0.3, 0.4) is 0 Å². The second-order valence-electron chi connectivity index (χ2n) is 11.8. The minimum atomic E-state index is -5.15. The smallest absolute Gasteiger partial charge is 0.506 e. The largest absolute Gasteiger partial charge is 1.00 e. The molecule has 10 N–H and O–H groups in total. The van der Waals surface area contributed by atoms with Crippen molar-refractivity contribution in [1.82, 2.24) is 0 Å². The van der Waals surface area contributed by atoms with Gasteiger partial charge in [-0.2, -0.15) is 33.7 Å². The number of fused-ring (bicyclic) bond motifs is 2. The van der Waals surface area contributed by atoms with Crippen LogP contribution in [0.1, 0.15) is 0 Å². The van der Waals surface area contributed by atoms with E-state index in [-0.39, 0.29) is 197 Å². The number of anilines is 1. The van der Waals surface area contributed by atoms with Crippen molar-refractivity contribution in [3.05, 3.63) is 78.9 Å². The zero-order chi connectivity index (χ0) is 42.0. The van der Waals surface area contributed by atoms with Crippen LogP contribution < -0.4 is 124 Å². The van der Waals surface area contributed by atoms with Gasteiger partial charge in [-0.1, -0.05) is 18.2 Å². The Hall–Kier alpha value is -1.28. The molecule has 0 aromatic heterocycles. The number of benzene rings is 6. The molecule has 0 bridgehead atoms. The summed E-state index contributed by atoms with van der Waals surface area (Å²) in [5.41, 5.74) is 4.32. The predicted octanol–water partition coefficient (Wildman–Crippen LogP) is -6.11. The van der Waals surface area contributed by atoms with E-state index in [0.717, 1.165) is 42.5 Å². The molecule has 21 nitrogen and oxygen atoms in total. The van der Waals surface area contributed by atoms with Crippen molar-refractivity contribution < 1.29 is 225 Å². The van der Waals surface area contributed by atoms with Crippen molar-refractivity contribution in [2.45, 2.75) is 19.6 Å². The summed E-state index contributed by atoms with van der Waals surface area (Å²) in [5.74, 6) is -2.83. The zero-order valence-electron chi connectivity index (χ0n) is 32.5. The summed E-state index contributed by atoms with van der Waals surface area (Å²) >= 11 is 0. The van der Waals surface area contributed by atoms with E-state index in [0.29, 0.717) is 6.07 Å². The fraction of sp³-hybridized carbons (Fsp3) is 0. The molecule has 318 valence electrons. The fourth-order valence-electron chi connectivity index (χ4n) is 5.52. The normalized spacial score (nSPS) is 11.7. The zero-order valence-corrected chi connectivity index (χ0v) is 45.6. The molecule has 0 fully saturated rings. The van der Waals surface area contributed by atoms with Gasteiger partial charge in [0.25, 0.3) is 40.5 Å². The van der Waals surface area contributed by atoms with E-state index in [4.69, 9.17) is 5.73 Å². The molecular weight excluding hydrogens is 1060 g/mol. The van der Waals surface area contributed by atoms with Gasteiger partial charge in [0.05, 0.1) is 9.79 Å². The van der Waals surface area contributed by atoms with E-state index in [2.05, 4.69) is 20.5 Å². The van der Waals surface area contributed by atoms with Crippen molar-refractivity contribution in [3.63, 3.8) is 0 Å². The summed E-state index contributed by atoms with van der Waals surface area (Å²) in [6.45, 7) is 0. The third kappa shape index (κ3) is 13.7. The maximum absolute atomic E-state index is 12.2. The van der Waals surface area contributed by atoms with Gasteiger partial charge >= 0.3 is 118 Å². The SMILES string of the molecule is Nc1cc(S(=O)(=O)O)cc2cc(S(=O)(=O)O)c(N=Nc3ccc(-c4ccc(N=Nc5ccc6cc(S(=O)(=O)O)cc(S(=O)(=O)O)c6c5O)c(O)c4)cc3O)c(O)c12.[Cu].[Cu].[Na+].[Na+].[Na+].[Na+]. The minimum Gasteiger partial charge on any atom is -0.506 e. The van der Waals surface area contributed by atoms with E-state index in [1.54, 1.807) is 0 Å². The van der Waals surface area contributed by atoms with Crippen LogP contribution in [-0.2, 0) is 74.6 Å². The van der Waals surface area contributed by atoms with Crippen LogP contribution in [0, 0.1) is 0 Å². The standard InChI is InChI=1S/C32H23N5O16S4.2Cu.4Na/c33-20-12-18(54(42,43)44)8-17-11-27(57(51,52)53)30(32(41)28(17)20)37-35-22-5-2-15(10-25(22)39)14-1-4-21(24(38)9-14)34-36-23-6-3-16-7-19(55(45,46)47)13-26(56(48,49)50)29(16)31(23)40;;;;;;/h1-13,38-41H,33H2,(H,42,43,44)(H,45,46,47)(H,48,49,50)(H,51,52,53);;;;;;/q;;;4*+1. The maximum atomic E-state index is 12.2. The minimum absolute atomic E-state index is 0. The fourth-order valence-corrected chi connectivity index (χ4v) is 8.10. The van der Waals surface area contributed by atoms with Crippen molar-refractivity contribution in [1.29, 1.82) is 0 Å². The maximum Gasteiger partial charge on any atom is 1.00 e. The Morgan fingerprint density at radius 3 is 1.32 bits per heavy atom. The molecule has 2 radical (unpaired) electrons. The second kappa shape index (κ2) is 23.1. The summed E-state index contributed by atoms with van der Waals surface area (Å²) in [6.07, 6.45) is 0. The van der Waals surface area contributed by atoms with Gasteiger partial charge < -0.3 is 26.2 Å². The number of nitrogens with zero attached hydrogens (tertiary/aromatic N) is 4. The van der Waals surface area contributed by atoms with Gasteiger partial charge in [-0.15, -0.1) is 20.5 Å². The van der Waals surface area contributed by atoms with Crippen LogP contribution in [0.25, 0.3) is 32.7 Å². The number of aromatic hydroxyl groups is 4. The van der Waals surface area contributed by atoms with Crippen LogP contribution in [-0.4, -0.2) is 72.3 Å². The first-order chi connectivity index (χ1) is 26.3. The van der Waals surface area contributed by atoms with Crippen LogP contribution in [0.2, 0.25) is 0 Å². The first kappa shape index (κ1) is 61.7. The average Bonchev–Trinajstić information content (AvgIpc) is 3.09. The number of phenolic OH excluding ortho intramolecular Hbond substituents is 4. The van der Waals surface area contributed by atoms with Gasteiger partial charge in [0.15, 0.2) is 11.5 Å². The van der Waals surface area contributed by atoms with E-state index < -0.39 is 99.8 Å². The van der Waals surface area contributed by atoms with Crippen molar-refractivity contribution in [3.8, 4) is 34.1 Å². The molecule has 0 atom stereocenters. The number of azo groups is 2. The van der Waals surface area contributed by atoms with E-state index >= 15 is 0 Å². The molecule has 0 aliphatic heterocycles. The molecule has 6 aromatic carbocycles. The summed E-state index contributed by atoms with van der Waals surface area (Å²) in [5, 5.41) is 56.8. The number of phenols is 4. The second-order valence-corrected chi connectivity index (χ2v) is 17.5. The quantitative estimate of drug-likeness (QED) is 0.0282. The average molecular weight is 1080 g/mol. The Balaban J connectivity index is 0.00000641. The van der Waals surface area contributed by atoms with Crippen LogP contribution in [0.15, 0.2) is 119 Å². The number of nitrogens with two attached hydrogens (primary N) is 1. The van der Waals surface area contributed by atoms with E-state index in [9.17, 15) is 72.3 Å².